The summed E-state index contributed by atoms with van der Waals surface area (Å²) in [6, 6.07) is 8.33. The van der Waals surface area contributed by atoms with Crippen LogP contribution in [0.4, 0.5) is 5.82 Å². The minimum Gasteiger partial charge on any atom is -0.355 e. The van der Waals surface area contributed by atoms with Crippen molar-refractivity contribution in [1.82, 2.24) is 29.5 Å². The molecule has 0 saturated carbocycles. The summed E-state index contributed by atoms with van der Waals surface area (Å²) in [5, 5.41) is 6.12. The minimum absolute atomic E-state index is 0.756. The van der Waals surface area contributed by atoms with Gasteiger partial charge in [-0.3, -0.25) is 0 Å². The third-order valence-corrected chi connectivity index (χ3v) is 6.35. The molecule has 0 bridgehead atoms. The molecule has 1 N–H and O–H groups in total. The van der Waals surface area contributed by atoms with E-state index >= 15 is 0 Å². The van der Waals surface area contributed by atoms with Gasteiger partial charge in [-0.15, -0.1) is 5.10 Å². The molecule has 2 aliphatic rings. The fraction of sp³-hybridized carbons (Fsp3) is 0.381. The molecule has 0 radical (unpaired) electrons. The Morgan fingerprint density at radius 2 is 1.86 bits per heavy atom. The molecule has 6 heterocycles. The van der Waals surface area contributed by atoms with E-state index in [1.807, 2.05) is 16.9 Å². The molecule has 7 nitrogen and oxygen atoms in total. The van der Waals surface area contributed by atoms with Crippen molar-refractivity contribution in [2.24, 2.45) is 11.8 Å². The van der Waals surface area contributed by atoms with Crippen LogP contribution in [0.5, 0.6) is 0 Å². The third kappa shape index (κ3) is 2.29. The van der Waals surface area contributed by atoms with Crippen molar-refractivity contribution in [1.29, 1.82) is 0 Å². The van der Waals surface area contributed by atoms with Crippen LogP contribution in [0.1, 0.15) is 5.69 Å². The monoisotopic (exact) mass is 373 g/mol. The number of pyridine rings is 1. The van der Waals surface area contributed by atoms with Gasteiger partial charge in [-0.1, -0.05) is 0 Å². The van der Waals surface area contributed by atoms with Crippen LogP contribution < -0.4 is 4.90 Å². The Morgan fingerprint density at radius 3 is 2.68 bits per heavy atom. The first kappa shape index (κ1) is 16.1. The molecule has 7 heteroatoms. The number of nitrogens with zero attached hydrogens (tertiary/aromatic N) is 6. The number of aromatic amines is 1. The SMILES string of the molecule is Cc1nc2ccc(N3CC4CN(C)CC4C3)nn2c1-c1ccnc2[nH]ccc12. The highest BCUT2D eigenvalue weighted by Crippen LogP contribution is 2.34. The van der Waals surface area contributed by atoms with Crippen LogP contribution in [0.25, 0.3) is 27.9 Å². The summed E-state index contributed by atoms with van der Waals surface area (Å²) in [5.74, 6) is 2.56. The molecule has 6 rings (SSSR count). The lowest BCUT2D eigenvalue weighted by molar-refractivity contribution is 0.386. The molecule has 0 aromatic carbocycles. The van der Waals surface area contributed by atoms with Crippen LogP contribution >= 0.6 is 0 Å². The normalized spacial score (nSPS) is 22.6. The second kappa shape index (κ2) is 5.78. The number of hydrogen-bond acceptors (Lipinski definition) is 5. The molecule has 0 spiro atoms. The van der Waals surface area contributed by atoms with Crippen molar-refractivity contribution in [2.45, 2.75) is 6.92 Å². The molecule has 28 heavy (non-hydrogen) atoms. The number of hydrogen-bond donors (Lipinski definition) is 1. The Morgan fingerprint density at radius 1 is 1.04 bits per heavy atom. The van der Waals surface area contributed by atoms with Gasteiger partial charge in [0.15, 0.2) is 5.65 Å². The number of anilines is 1. The van der Waals surface area contributed by atoms with Crippen LogP contribution in [-0.2, 0) is 0 Å². The largest absolute Gasteiger partial charge is 0.355 e. The van der Waals surface area contributed by atoms with Crippen molar-refractivity contribution in [3.63, 3.8) is 0 Å². The smallest absolute Gasteiger partial charge is 0.154 e. The van der Waals surface area contributed by atoms with Gasteiger partial charge in [0.1, 0.15) is 11.5 Å². The first-order valence-corrected chi connectivity index (χ1v) is 9.90. The van der Waals surface area contributed by atoms with Gasteiger partial charge < -0.3 is 14.8 Å². The van der Waals surface area contributed by atoms with Gasteiger partial charge >= 0.3 is 0 Å². The predicted molar refractivity (Wildman–Crippen MR) is 110 cm³/mol. The summed E-state index contributed by atoms with van der Waals surface area (Å²) in [4.78, 5) is 17.3. The lowest BCUT2D eigenvalue weighted by Gasteiger charge is -2.20. The van der Waals surface area contributed by atoms with Crippen LogP contribution in [-0.4, -0.2) is 62.7 Å². The van der Waals surface area contributed by atoms with Gasteiger partial charge in [0.05, 0.1) is 11.4 Å². The van der Waals surface area contributed by atoms with Gasteiger partial charge in [0.2, 0.25) is 0 Å². The maximum atomic E-state index is 5.03. The second-order valence-corrected chi connectivity index (χ2v) is 8.25. The second-order valence-electron chi connectivity index (χ2n) is 8.25. The molecule has 4 aromatic rings. The van der Waals surface area contributed by atoms with E-state index in [4.69, 9.17) is 10.1 Å². The molecule has 2 unspecified atom stereocenters. The average molecular weight is 373 g/mol. The lowest BCUT2D eigenvalue weighted by atomic mass is 10.0. The molecule has 142 valence electrons. The number of rotatable bonds is 2. The van der Waals surface area contributed by atoms with Crippen molar-refractivity contribution in [3.8, 4) is 11.3 Å². The summed E-state index contributed by atoms with van der Waals surface area (Å²) < 4.78 is 2.01. The number of H-pyrrole nitrogens is 1. The fourth-order valence-electron chi connectivity index (χ4n) is 5.09. The Labute approximate surface area is 163 Å². The van der Waals surface area contributed by atoms with E-state index in [1.54, 1.807) is 0 Å². The van der Waals surface area contributed by atoms with Gasteiger partial charge in [0.25, 0.3) is 0 Å². The number of imidazole rings is 1. The quantitative estimate of drug-likeness (QED) is 0.585. The van der Waals surface area contributed by atoms with Crippen molar-refractivity contribution < 1.29 is 0 Å². The summed E-state index contributed by atoms with van der Waals surface area (Å²) in [6.45, 7) is 6.63. The topological polar surface area (TPSA) is 65.3 Å². The van der Waals surface area contributed by atoms with E-state index in [1.165, 1.54) is 13.1 Å². The number of fused-ring (bicyclic) bond motifs is 3. The Bertz CT molecular complexity index is 1180. The summed E-state index contributed by atoms with van der Waals surface area (Å²) in [5.41, 5.74) is 4.91. The fourth-order valence-corrected chi connectivity index (χ4v) is 5.09. The molecule has 4 aromatic heterocycles. The predicted octanol–water partition coefficient (Wildman–Crippen LogP) is 2.58. The van der Waals surface area contributed by atoms with Crippen LogP contribution in [0.15, 0.2) is 36.7 Å². The van der Waals surface area contributed by atoms with Crippen molar-refractivity contribution in [3.05, 3.63) is 42.4 Å². The average Bonchev–Trinajstić information content (AvgIpc) is 3.41. The van der Waals surface area contributed by atoms with Crippen LogP contribution in [0, 0.1) is 18.8 Å². The number of aryl methyl sites for hydroxylation is 1. The van der Waals surface area contributed by atoms with E-state index < -0.39 is 0 Å². The van der Waals surface area contributed by atoms with E-state index in [-0.39, 0.29) is 0 Å². The zero-order valence-corrected chi connectivity index (χ0v) is 16.1. The zero-order chi connectivity index (χ0) is 18.8. The minimum atomic E-state index is 0.756. The van der Waals surface area contributed by atoms with E-state index in [0.717, 1.165) is 64.4 Å². The summed E-state index contributed by atoms with van der Waals surface area (Å²) >= 11 is 0. The standard InChI is InChI=1S/C21H23N7/c1-13-20(16-5-7-22-21-17(16)6-8-23-21)28-18(24-13)3-4-19(25-28)27-11-14-9-26(2)10-15(14)12-27/h3-8,14-15H,9-12H2,1-2H3,(H,22,23). The van der Waals surface area contributed by atoms with Crippen molar-refractivity contribution in [2.75, 3.05) is 38.1 Å². The number of likely N-dealkylation sites (tertiary alicyclic amines) is 1. The highest BCUT2D eigenvalue weighted by molar-refractivity contribution is 5.93. The molecule has 2 saturated heterocycles. The Balaban J connectivity index is 1.46. The van der Waals surface area contributed by atoms with Crippen molar-refractivity contribution >= 4 is 22.5 Å². The first-order valence-electron chi connectivity index (χ1n) is 9.90. The molecule has 0 aliphatic carbocycles. The molecule has 2 aliphatic heterocycles. The van der Waals surface area contributed by atoms with Gasteiger partial charge in [-0.25, -0.2) is 14.5 Å². The zero-order valence-electron chi connectivity index (χ0n) is 16.1. The molecule has 0 amide bonds. The van der Waals surface area contributed by atoms with E-state index in [2.05, 4.69) is 58.0 Å². The highest BCUT2D eigenvalue weighted by Gasteiger charge is 2.39. The number of aromatic nitrogens is 5. The van der Waals surface area contributed by atoms with Crippen LogP contribution in [0.3, 0.4) is 0 Å². The maximum absolute atomic E-state index is 5.03. The Hall–Kier alpha value is -2.93. The molecular formula is C21H23N7. The van der Waals surface area contributed by atoms with Gasteiger partial charge in [-0.05, 0) is 50.1 Å². The van der Waals surface area contributed by atoms with Crippen LogP contribution in [0.2, 0.25) is 0 Å². The summed E-state index contributed by atoms with van der Waals surface area (Å²) in [6.07, 6.45) is 3.77. The third-order valence-electron chi connectivity index (χ3n) is 6.35. The molecule has 2 atom stereocenters. The Kier molecular flexibility index (Phi) is 3.32. The summed E-state index contributed by atoms with van der Waals surface area (Å²) in [7, 11) is 2.23. The highest BCUT2D eigenvalue weighted by atomic mass is 15.3. The number of nitrogens with one attached hydrogen (secondary N) is 1. The maximum Gasteiger partial charge on any atom is 0.154 e. The molecule has 2 fully saturated rings. The van der Waals surface area contributed by atoms with E-state index in [0.29, 0.717) is 0 Å². The van der Waals surface area contributed by atoms with E-state index in [9.17, 15) is 0 Å². The first-order chi connectivity index (χ1) is 13.7. The lowest BCUT2D eigenvalue weighted by Crippen LogP contribution is -2.27. The van der Waals surface area contributed by atoms with Gasteiger partial charge in [0, 0.05) is 49.5 Å². The van der Waals surface area contributed by atoms with Gasteiger partial charge in [-0.2, -0.15) is 0 Å². The molecular weight excluding hydrogens is 350 g/mol.